The lowest BCUT2D eigenvalue weighted by molar-refractivity contribution is -0.114. The fourth-order valence-electron chi connectivity index (χ4n) is 2.99. The molecule has 1 amide bonds. The van der Waals surface area contributed by atoms with Crippen molar-refractivity contribution >= 4 is 41.0 Å². The van der Waals surface area contributed by atoms with Gasteiger partial charge in [-0.2, -0.15) is 23.3 Å². The summed E-state index contributed by atoms with van der Waals surface area (Å²) in [5.41, 5.74) is -1.83. The number of alkyl halides is 3. The van der Waals surface area contributed by atoms with Crippen LogP contribution in [0.25, 0.3) is 6.08 Å². The molecule has 3 rings (SSSR count). The number of halogens is 4. The van der Waals surface area contributed by atoms with Crippen LogP contribution >= 0.6 is 11.6 Å². The van der Waals surface area contributed by atoms with E-state index in [0.717, 1.165) is 6.08 Å². The lowest BCUT2D eigenvalue weighted by Gasteiger charge is -2.12. The quantitative estimate of drug-likeness (QED) is 0.464. The van der Waals surface area contributed by atoms with Gasteiger partial charge in [-0.1, -0.05) is 11.6 Å². The molecule has 0 bridgehead atoms. The van der Waals surface area contributed by atoms with Crippen molar-refractivity contribution in [2.24, 2.45) is 5.10 Å². The van der Waals surface area contributed by atoms with Gasteiger partial charge in [-0.25, -0.2) is 4.79 Å². The molecule has 2 aromatic rings. The maximum Gasteiger partial charge on any atom is 0.435 e. The van der Waals surface area contributed by atoms with Crippen LogP contribution in [0.3, 0.4) is 0 Å². The van der Waals surface area contributed by atoms with E-state index < -0.39 is 29.3 Å². The molecule has 174 valence electrons. The van der Waals surface area contributed by atoms with Crippen molar-refractivity contribution in [2.75, 3.05) is 18.2 Å². The zero-order chi connectivity index (χ0) is 24.3. The number of carbonyl (C=O) groups excluding carboxylic acids is 2. The Balaban J connectivity index is 2.02. The lowest BCUT2D eigenvalue weighted by Crippen LogP contribution is -2.25. The number of phenols is 1. The maximum atomic E-state index is 13.7. The van der Waals surface area contributed by atoms with Gasteiger partial charge in [-0.15, -0.1) is 0 Å². The number of phenolic OH excluding ortho intramolecular Hbond substituents is 1. The second kappa shape index (κ2) is 9.53. The van der Waals surface area contributed by atoms with E-state index in [4.69, 9.17) is 21.1 Å². The first-order valence-corrected chi connectivity index (χ1v) is 10.1. The second-order valence-electron chi connectivity index (χ2n) is 6.67. The molecule has 7 nitrogen and oxygen atoms in total. The summed E-state index contributed by atoms with van der Waals surface area (Å²) in [6, 6.07) is 7.67. The van der Waals surface area contributed by atoms with Gasteiger partial charge in [0.1, 0.15) is 0 Å². The number of anilines is 1. The minimum Gasteiger partial charge on any atom is -0.503 e. The van der Waals surface area contributed by atoms with Gasteiger partial charge in [0.05, 0.1) is 35.1 Å². The third kappa shape index (κ3) is 5.11. The molecular formula is C22H18ClF3N2O5. The van der Waals surface area contributed by atoms with Crippen molar-refractivity contribution in [3.63, 3.8) is 0 Å². The molecule has 1 aliphatic rings. The van der Waals surface area contributed by atoms with Gasteiger partial charge in [0.25, 0.3) is 5.91 Å². The number of carbonyl (C=O) groups is 2. The third-order valence-corrected chi connectivity index (χ3v) is 4.72. The van der Waals surface area contributed by atoms with Gasteiger partial charge in [0.2, 0.25) is 0 Å². The number of amides is 1. The van der Waals surface area contributed by atoms with Crippen LogP contribution in [0.15, 0.2) is 47.1 Å². The Labute approximate surface area is 191 Å². The summed E-state index contributed by atoms with van der Waals surface area (Å²) in [6.07, 6.45) is -3.96. The van der Waals surface area contributed by atoms with Crippen molar-refractivity contribution in [1.82, 2.24) is 0 Å². The van der Waals surface area contributed by atoms with E-state index in [-0.39, 0.29) is 46.5 Å². The van der Waals surface area contributed by atoms with Gasteiger partial charge in [0, 0.05) is 0 Å². The van der Waals surface area contributed by atoms with E-state index in [1.165, 1.54) is 36.4 Å². The summed E-state index contributed by atoms with van der Waals surface area (Å²) in [5.74, 6) is -2.05. The highest BCUT2D eigenvalue weighted by Gasteiger charge is 2.46. The van der Waals surface area contributed by atoms with Crippen LogP contribution in [-0.2, 0) is 9.53 Å². The van der Waals surface area contributed by atoms with Crippen molar-refractivity contribution in [3.8, 4) is 11.5 Å². The van der Waals surface area contributed by atoms with Crippen LogP contribution in [0.1, 0.15) is 29.8 Å². The smallest absolute Gasteiger partial charge is 0.435 e. The molecule has 0 unspecified atom stereocenters. The minimum absolute atomic E-state index is 0.0249. The Bertz CT molecular complexity index is 1140. The number of nitrogens with zero attached hydrogens (tertiary/aromatic N) is 2. The molecule has 0 radical (unpaired) electrons. The zero-order valence-electron chi connectivity index (χ0n) is 17.4. The highest BCUT2D eigenvalue weighted by molar-refractivity contribution is 6.35. The van der Waals surface area contributed by atoms with Crippen molar-refractivity contribution in [3.05, 3.63) is 58.1 Å². The van der Waals surface area contributed by atoms with E-state index in [9.17, 15) is 27.9 Å². The molecule has 0 atom stereocenters. The maximum absolute atomic E-state index is 13.7. The van der Waals surface area contributed by atoms with Gasteiger partial charge >= 0.3 is 12.1 Å². The lowest BCUT2D eigenvalue weighted by atomic mass is 10.1. The predicted octanol–water partition coefficient (Wildman–Crippen LogP) is 4.97. The topological polar surface area (TPSA) is 88.4 Å². The molecule has 11 heteroatoms. The Morgan fingerprint density at radius 1 is 1.18 bits per heavy atom. The van der Waals surface area contributed by atoms with Crippen molar-refractivity contribution in [1.29, 1.82) is 0 Å². The van der Waals surface area contributed by atoms with Crippen LogP contribution in [0, 0.1) is 0 Å². The highest BCUT2D eigenvalue weighted by atomic mass is 35.5. The fourth-order valence-corrected chi connectivity index (χ4v) is 3.21. The summed E-state index contributed by atoms with van der Waals surface area (Å²) in [4.78, 5) is 24.7. The van der Waals surface area contributed by atoms with E-state index >= 15 is 0 Å². The van der Waals surface area contributed by atoms with Crippen LogP contribution in [0.2, 0.25) is 5.02 Å². The molecule has 1 aliphatic heterocycles. The molecule has 0 aromatic heterocycles. The van der Waals surface area contributed by atoms with Crippen molar-refractivity contribution in [2.45, 2.75) is 20.0 Å². The van der Waals surface area contributed by atoms with Crippen LogP contribution < -0.4 is 9.75 Å². The van der Waals surface area contributed by atoms with Crippen LogP contribution in [0.5, 0.6) is 11.5 Å². The van der Waals surface area contributed by atoms with Gasteiger partial charge in [0.15, 0.2) is 17.2 Å². The molecule has 0 fully saturated rings. The molecule has 0 saturated carbocycles. The predicted molar refractivity (Wildman–Crippen MR) is 116 cm³/mol. The Hall–Kier alpha value is -3.53. The molecule has 2 aromatic carbocycles. The second-order valence-corrected chi connectivity index (χ2v) is 7.08. The zero-order valence-corrected chi connectivity index (χ0v) is 18.2. The van der Waals surface area contributed by atoms with E-state index in [2.05, 4.69) is 5.10 Å². The van der Waals surface area contributed by atoms with E-state index in [0.29, 0.717) is 5.01 Å². The van der Waals surface area contributed by atoms with Crippen molar-refractivity contribution < 1.29 is 37.3 Å². The molecule has 0 saturated heterocycles. The standard InChI is InChI=1S/C22H18ClF3N2O5/c1-3-32-17-11-12(10-16(23)18(17)29)9-15-19(22(24,25)26)27-28(20(15)30)14-7-5-13(6-8-14)21(31)33-4-2/h5-11,29H,3-4H2,1-2H3/b15-9-. The largest absolute Gasteiger partial charge is 0.503 e. The molecule has 0 aliphatic carbocycles. The first-order chi connectivity index (χ1) is 15.6. The summed E-state index contributed by atoms with van der Waals surface area (Å²) in [6.45, 7) is 3.62. The highest BCUT2D eigenvalue weighted by Crippen LogP contribution is 2.37. The number of hydrazone groups is 1. The van der Waals surface area contributed by atoms with Crippen LogP contribution in [-0.4, -0.2) is 42.1 Å². The SMILES string of the molecule is CCOC(=O)c1ccc(N2N=C(C(F)(F)F)/C(=C/c3cc(Cl)c(O)c(OCC)c3)C2=O)cc1. The number of hydrogen-bond donors (Lipinski definition) is 1. The molecular weight excluding hydrogens is 465 g/mol. The summed E-state index contributed by atoms with van der Waals surface area (Å²) >= 11 is 5.95. The summed E-state index contributed by atoms with van der Waals surface area (Å²) < 4.78 is 51.1. The fraction of sp³-hybridized carbons (Fsp3) is 0.227. The first-order valence-electron chi connectivity index (χ1n) is 9.71. The Morgan fingerprint density at radius 2 is 1.85 bits per heavy atom. The molecule has 1 N–H and O–H groups in total. The Kier molecular flexibility index (Phi) is 6.97. The average molecular weight is 483 g/mol. The molecule has 1 heterocycles. The number of hydrogen-bond acceptors (Lipinski definition) is 6. The van der Waals surface area contributed by atoms with Gasteiger partial charge in [-0.05, 0) is 61.9 Å². The molecule has 33 heavy (non-hydrogen) atoms. The first kappa shape index (κ1) is 24.1. The van der Waals surface area contributed by atoms with E-state index in [1.807, 2.05) is 0 Å². The average Bonchev–Trinajstić information content (AvgIpc) is 3.08. The van der Waals surface area contributed by atoms with E-state index in [1.54, 1.807) is 13.8 Å². The number of rotatable bonds is 6. The summed E-state index contributed by atoms with van der Waals surface area (Å²) in [5, 5.41) is 13.9. The normalized spacial score (nSPS) is 15.1. The van der Waals surface area contributed by atoms with Gasteiger partial charge < -0.3 is 14.6 Å². The minimum atomic E-state index is -4.93. The third-order valence-electron chi connectivity index (χ3n) is 4.43. The van der Waals surface area contributed by atoms with Crippen LogP contribution in [0.4, 0.5) is 18.9 Å². The number of esters is 1. The molecule has 0 spiro atoms. The number of aromatic hydroxyl groups is 1. The monoisotopic (exact) mass is 482 g/mol. The number of benzene rings is 2. The van der Waals surface area contributed by atoms with Gasteiger partial charge in [-0.3, -0.25) is 4.79 Å². The number of ether oxygens (including phenoxy) is 2. The summed E-state index contributed by atoms with van der Waals surface area (Å²) in [7, 11) is 0. The Morgan fingerprint density at radius 3 is 2.42 bits per heavy atom.